The summed E-state index contributed by atoms with van der Waals surface area (Å²) in [5.74, 6) is -2.58. The van der Waals surface area contributed by atoms with Gasteiger partial charge in [-0.1, -0.05) is 0 Å². The fourth-order valence-electron chi connectivity index (χ4n) is 4.43. The lowest BCUT2D eigenvalue weighted by Crippen LogP contribution is -2.34. The number of aliphatic hydroxyl groups excluding tert-OH is 2. The zero-order valence-electron chi connectivity index (χ0n) is 15.4. The minimum absolute atomic E-state index is 0.0352. The molecule has 4 N–H and O–H groups in total. The van der Waals surface area contributed by atoms with E-state index in [-0.39, 0.29) is 32.1 Å². The molecule has 6 nitrogen and oxygen atoms in total. The van der Waals surface area contributed by atoms with E-state index in [0.717, 1.165) is 30.6 Å². The summed E-state index contributed by atoms with van der Waals surface area (Å²) in [5.41, 5.74) is 7.69. The fraction of sp³-hybridized carbons (Fsp3) is 0.833. The van der Waals surface area contributed by atoms with E-state index in [0.29, 0.717) is 31.6 Å². The quantitative estimate of drug-likeness (QED) is 0.667. The average Bonchev–Trinajstić information content (AvgIpc) is 3.06. The van der Waals surface area contributed by atoms with Crippen LogP contribution < -0.4 is 5.73 Å². The van der Waals surface area contributed by atoms with Crippen LogP contribution in [0.2, 0.25) is 0 Å². The molecule has 0 bridgehead atoms. The van der Waals surface area contributed by atoms with Gasteiger partial charge in [0.15, 0.2) is 0 Å². The molecule has 1 aliphatic heterocycles. The summed E-state index contributed by atoms with van der Waals surface area (Å²) in [7, 11) is 1.96. The highest BCUT2D eigenvalue weighted by atomic mass is 19.3. The first-order valence-electron chi connectivity index (χ1n) is 9.40. The van der Waals surface area contributed by atoms with Gasteiger partial charge in [-0.05, 0) is 38.6 Å². The summed E-state index contributed by atoms with van der Waals surface area (Å²) in [6.45, 7) is 1.44. The van der Waals surface area contributed by atoms with Gasteiger partial charge in [0.25, 0.3) is 5.92 Å². The number of likely N-dealkylation sites (N-methyl/N-ethyl adjacent to an activating group) is 1. The number of hydrogen-bond acceptors (Lipinski definition) is 5. The van der Waals surface area contributed by atoms with E-state index >= 15 is 0 Å². The van der Waals surface area contributed by atoms with Crippen molar-refractivity contribution in [3.05, 3.63) is 17.0 Å². The van der Waals surface area contributed by atoms with Crippen molar-refractivity contribution in [3.8, 4) is 0 Å². The first-order chi connectivity index (χ1) is 12.3. The Morgan fingerprint density at radius 2 is 1.92 bits per heavy atom. The minimum atomic E-state index is -2.73. The molecule has 0 radical (unpaired) electrons. The van der Waals surface area contributed by atoms with Gasteiger partial charge >= 0.3 is 0 Å². The van der Waals surface area contributed by atoms with Crippen molar-refractivity contribution < 1.29 is 19.0 Å². The zero-order valence-corrected chi connectivity index (χ0v) is 15.4. The van der Waals surface area contributed by atoms with Crippen LogP contribution in [0.15, 0.2) is 0 Å². The van der Waals surface area contributed by atoms with Crippen LogP contribution in [0.4, 0.5) is 8.78 Å². The summed E-state index contributed by atoms with van der Waals surface area (Å²) in [6.07, 6.45) is 2.70. The molecule has 0 amide bonds. The highest BCUT2D eigenvalue weighted by molar-refractivity contribution is 5.34. The number of nitrogens with zero attached hydrogens (tertiary/aromatic N) is 3. The minimum Gasteiger partial charge on any atom is -0.396 e. The van der Waals surface area contributed by atoms with Crippen molar-refractivity contribution in [2.45, 2.75) is 57.0 Å². The first kappa shape index (κ1) is 19.7. The summed E-state index contributed by atoms with van der Waals surface area (Å²) in [5, 5.41) is 23.8. The van der Waals surface area contributed by atoms with Gasteiger partial charge in [0.2, 0.25) is 0 Å². The van der Waals surface area contributed by atoms with E-state index in [9.17, 15) is 19.0 Å². The van der Waals surface area contributed by atoms with Gasteiger partial charge in [0.05, 0.1) is 25.3 Å². The molecule has 0 atom stereocenters. The maximum atomic E-state index is 13.9. The molecule has 1 saturated carbocycles. The van der Waals surface area contributed by atoms with Crippen LogP contribution in [0.1, 0.15) is 48.6 Å². The number of fused-ring (bicyclic) bond motifs is 1. The molecule has 1 fully saturated rings. The van der Waals surface area contributed by atoms with Crippen molar-refractivity contribution in [1.82, 2.24) is 14.7 Å². The molecule has 0 unspecified atom stereocenters. The smallest absolute Gasteiger partial charge is 0.272 e. The molecule has 1 aliphatic carbocycles. The second kappa shape index (κ2) is 7.50. The third kappa shape index (κ3) is 3.78. The average molecular weight is 372 g/mol. The molecular formula is C18H30F2N4O2. The van der Waals surface area contributed by atoms with Crippen molar-refractivity contribution in [3.63, 3.8) is 0 Å². The van der Waals surface area contributed by atoms with Gasteiger partial charge in [-0.2, -0.15) is 5.10 Å². The predicted octanol–water partition coefficient (Wildman–Crippen LogP) is 1.09. The van der Waals surface area contributed by atoms with E-state index in [4.69, 9.17) is 5.73 Å². The van der Waals surface area contributed by atoms with Gasteiger partial charge in [0.1, 0.15) is 6.54 Å². The van der Waals surface area contributed by atoms with Crippen molar-refractivity contribution >= 4 is 0 Å². The Kier molecular flexibility index (Phi) is 5.67. The molecule has 148 valence electrons. The van der Waals surface area contributed by atoms with E-state index in [2.05, 4.69) is 10.00 Å². The lowest BCUT2D eigenvalue weighted by molar-refractivity contribution is 0.000506. The number of halogens is 2. The second-order valence-electron chi connectivity index (χ2n) is 8.11. The summed E-state index contributed by atoms with van der Waals surface area (Å²) in [4.78, 5) is 2.06. The highest BCUT2D eigenvalue weighted by Gasteiger charge is 2.44. The monoisotopic (exact) mass is 372 g/mol. The van der Waals surface area contributed by atoms with Gasteiger partial charge in [0, 0.05) is 36.3 Å². The molecule has 0 aromatic carbocycles. The van der Waals surface area contributed by atoms with Crippen LogP contribution >= 0.6 is 0 Å². The molecule has 1 aromatic heterocycles. The Morgan fingerprint density at radius 3 is 2.50 bits per heavy atom. The SMILES string of the molecule is CN(CCN)Cc1nn2c(c1C1CCC(CO)(CO)CC1)CC(F)(F)C2. The van der Waals surface area contributed by atoms with E-state index in [1.807, 2.05) is 7.05 Å². The van der Waals surface area contributed by atoms with E-state index in [1.54, 1.807) is 0 Å². The Labute approximate surface area is 153 Å². The number of hydrogen-bond donors (Lipinski definition) is 3. The van der Waals surface area contributed by atoms with Crippen LogP contribution in [-0.2, 0) is 19.5 Å². The lowest BCUT2D eigenvalue weighted by atomic mass is 9.69. The Hall–Kier alpha value is -1.09. The summed E-state index contributed by atoms with van der Waals surface area (Å²) >= 11 is 0. The number of aliphatic hydroxyl groups is 2. The summed E-state index contributed by atoms with van der Waals surface area (Å²) in [6, 6.07) is 0. The van der Waals surface area contributed by atoms with Crippen molar-refractivity contribution in [2.24, 2.45) is 11.1 Å². The largest absolute Gasteiger partial charge is 0.396 e. The second-order valence-corrected chi connectivity index (χ2v) is 8.11. The molecule has 0 saturated heterocycles. The van der Waals surface area contributed by atoms with Crippen LogP contribution in [0.5, 0.6) is 0 Å². The number of rotatable bonds is 7. The van der Waals surface area contributed by atoms with Crippen LogP contribution in [0.25, 0.3) is 0 Å². The van der Waals surface area contributed by atoms with Gasteiger partial charge in [-0.15, -0.1) is 0 Å². The predicted molar refractivity (Wildman–Crippen MR) is 94.1 cm³/mol. The fourth-order valence-corrected chi connectivity index (χ4v) is 4.43. The molecule has 1 aromatic rings. The standard InChI is InChI=1S/C18H30F2N4O2/c1-23(7-6-21)9-14-16(15-8-18(19,20)10-24(15)22-14)13-2-4-17(11-25,12-26)5-3-13/h13,25-26H,2-12,21H2,1H3. The van der Waals surface area contributed by atoms with Crippen LogP contribution in [0.3, 0.4) is 0 Å². The third-order valence-electron chi connectivity index (χ3n) is 6.04. The lowest BCUT2D eigenvalue weighted by Gasteiger charge is -2.38. The Morgan fingerprint density at radius 1 is 1.27 bits per heavy atom. The first-order valence-corrected chi connectivity index (χ1v) is 9.40. The van der Waals surface area contributed by atoms with E-state index in [1.165, 1.54) is 4.68 Å². The summed E-state index contributed by atoms with van der Waals surface area (Å²) < 4.78 is 29.3. The van der Waals surface area contributed by atoms with Crippen molar-refractivity contribution in [1.29, 1.82) is 0 Å². The maximum absolute atomic E-state index is 13.9. The number of alkyl halides is 2. The van der Waals surface area contributed by atoms with Gasteiger partial charge < -0.3 is 15.9 Å². The maximum Gasteiger partial charge on any atom is 0.272 e. The number of nitrogens with two attached hydrogens (primary N) is 1. The highest BCUT2D eigenvalue weighted by Crippen LogP contribution is 2.46. The van der Waals surface area contributed by atoms with Crippen LogP contribution in [0, 0.1) is 5.41 Å². The van der Waals surface area contributed by atoms with Gasteiger partial charge in [-0.25, -0.2) is 8.78 Å². The topological polar surface area (TPSA) is 87.5 Å². The molecule has 26 heavy (non-hydrogen) atoms. The van der Waals surface area contributed by atoms with Crippen LogP contribution in [-0.4, -0.2) is 64.2 Å². The zero-order chi connectivity index (χ0) is 18.9. The Balaban J connectivity index is 1.85. The molecule has 8 heteroatoms. The molecule has 2 aliphatic rings. The Bertz CT molecular complexity index is 621. The molecule has 0 spiro atoms. The van der Waals surface area contributed by atoms with Crippen molar-refractivity contribution in [2.75, 3.05) is 33.4 Å². The molecule has 2 heterocycles. The third-order valence-corrected chi connectivity index (χ3v) is 6.04. The molecular weight excluding hydrogens is 342 g/mol. The number of aromatic nitrogens is 2. The molecule has 3 rings (SSSR count). The van der Waals surface area contributed by atoms with E-state index < -0.39 is 11.3 Å². The normalized spacial score (nSPS) is 22.1. The van der Waals surface area contributed by atoms with Gasteiger partial charge in [-0.3, -0.25) is 9.58 Å².